The Bertz CT molecular complexity index is 1060. The Labute approximate surface area is 183 Å². The van der Waals surface area contributed by atoms with E-state index in [0.29, 0.717) is 17.7 Å². The predicted molar refractivity (Wildman–Crippen MR) is 122 cm³/mol. The van der Waals surface area contributed by atoms with Gasteiger partial charge in [0.15, 0.2) is 0 Å². The number of nitro benzene ring substituents is 1. The lowest BCUT2D eigenvalue weighted by Gasteiger charge is -2.32. The Morgan fingerprint density at radius 3 is 2.42 bits per heavy atom. The lowest BCUT2D eigenvalue weighted by atomic mass is 10.0. The summed E-state index contributed by atoms with van der Waals surface area (Å²) in [5.74, 6) is 0.0404. The third-order valence-electron chi connectivity index (χ3n) is 5.82. The van der Waals surface area contributed by atoms with Crippen molar-refractivity contribution in [2.45, 2.75) is 46.8 Å². The van der Waals surface area contributed by atoms with E-state index in [1.54, 1.807) is 19.1 Å². The maximum Gasteiger partial charge on any atom is 0.273 e. The normalized spacial score (nSPS) is 12.0. The predicted octanol–water partition coefficient (Wildman–Crippen LogP) is 5.44. The first-order chi connectivity index (χ1) is 14.8. The van der Waals surface area contributed by atoms with Gasteiger partial charge in [0.05, 0.1) is 11.5 Å². The number of hydrogen-bond donors (Lipinski definition) is 0. The standard InChI is InChI=1S/C25H29N3O3/c1-18(2)20(4)27(25(29)22-13-12-19(3)24(15-22)28(30)31)17-23-11-8-14-26(23)16-21-9-6-5-7-10-21/h5-15,18,20H,16-17H2,1-4H3/t20-/m0/s1. The van der Waals surface area contributed by atoms with Gasteiger partial charge >= 0.3 is 0 Å². The number of carbonyl (C=O) groups is 1. The SMILES string of the molecule is Cc1ccc(C(=O)N(Cc2cccn2Cc2ccccc2)[C@@H](C)C(C)C)cc1[N+](=O)[O-]. The minimum Gasteiger partial charge on any atom is -0.345 e. The molecule has 1 heterocycles. The first-order valence-corrected chi connectivity index (χ1v) is 10.5. The van der Waals surface area contributed by atoms with E-state index in [9.17, 15) is 14.9 Å². The van der Waals surface area contributed by atoms with Crippen LogP contribution in [-0.4, -0.2) is 26.3 Å². The molecule has 3 aromatic rings. The number of aryl methyl sites for hydroxylation is 1. The molecule has 0 radical (unpaired) electrons. The number of carbonyl (C=O) groups excluding carboxylic acids is 1. The number of amides is 1. The molecule has 6 nitrogen and oxygen atoms in total. The van der Waals surface area contributed by atoms with Gasteiger partial charge < -0.3 is 9.47 Å². The van der Waals surface area contributed by atoms with Gasteiger partial charge in [0.1, 0.15) is 0 Å². The number of nitrogens with zero attached hydrogens (tertiary/aromatic N) is 3. The van der Waals surface area contributed by atoms with E-state index in [0.717, 1.165) is 12.2 Å². The number of aromatic nitrogens is 1. The molecule has 31 heavy (non-hydrogen) atoms. The summed E-state index contributed by atoms with van der Waals surface area (Å²) in [4.78, 5) is 26.2. The van der Waals surface area contributed by atoms with Gasteiger partial charge in [-0.3, -0.25) is 14.9 Å². The van der Waals surface area contributed by atoms with Crippen LogP contribution in [0.1, 0.15) is 48.0 Å². The fourth-order valence-corrected chi connectivity index (χ4v) is 3.57. The lowest BCUT2D eigenvalue weighted by Crippen LogP contribution is -2.41. The second-order valence-electron chi connectivity index (χ2n) is 8.29. The van der Waals surface area contributed by atoms with Gasteiger partial charge in [0.25, 0.3) is 11.6 Å². The van der Waals surface area contributed by atoms with Crippen LogP contribution in [-0.2, 0) is 13.1 Å². The second-order valence-corrected chi connectivity index (χ2v) is 8.29. The zero-order chi connectivity index (χ0) is 22.5. The van der Waals surface area contributed by atoms with E-state index in [-0.39, 0.29) is 23.6 Å². The Balaban J connectivity index is 1.91. The number of benzene rings is 2. The Morgan fingerprint density at radius 1 is 1.06 bits per heavy atom. The van der Waals surface area contributed by atoms with Crippen molar-refractivity contribution in [2.75, 3.05) is 0 Å². The number of nitro groups is 1. The Kier molecular flexibility index (Phi) is 6.90. The van der Waals surface area contributed by atoms with Gasteiger partial charge in [0, 0.05) is 41.7 Å². The average molecular weight is 420 g/mol. The molecule has 0 aliphatic rings. The summed E-state index contributed by atoms with van der Waals surface area (Å²) in [5, 5.41) is 11.4. The van der Waals surface area contributed by atoms with Crippen molar-refractivity contribution in [3.63, 3.8) is 0 Å². The van der Waals surface area contributed by atoms with Gasteiger partial charge in [-0.1, -0.05) is 50.2 Å². The molecule has 0 saturated heterocycles. The third kappa shape index (κ3) is 5.20. The smallest absolute Gasteiger partial charge is 0.273 e. The molecule has 0 N–H and O–H groups in total. The molecule has 1 atom stereocenters. The minimum atomic E-state index is -0.437. The van der Waals surface area contributed by atoms with Crippen molar-refractivity contribution < 1.29 is 9.72 Å². The highest BCUT2D eigenvalue weighted by molar-refractivity contribution is 5.95. The molecule has 0 aliphatic heterocycles. The summed E-state index contributed by atoms with van der Waals surface area (Å²) < 4.78 is 2.14. The fraction of sp³-hybridized carbons (Fsp3) is 0.320. The van der Waals surface area contributed by atoms with Crippen molar-refractivity contribution in [1.82, 2.24) is 9.47 Å². The van der Waals surface area contributed by atoms with Crippen LogP contribution in [0.25, 0.3) is 0 Å². The van der Waals surface area contributed by atoms with Crippen LogP contribution in [0.4, 0.5) is 5.69 Å². The Morgan fingerprint density at radius 2 is 1.77 bits per heavy atom. The topological polar surface area (TPSA) is 68.4 Å². The van der Waals surface area contributed by atoms with Crippen LogP contribution in [0, 0.1) is 23.0 Å². The van der Waals surface area contributed by atoms with E-state index in [1.165, 1.54) is 11.6 Å². The second kappa shape index (κ2) is 9.60. The summed E-state index contributed by atoms with van der Waals surface area (Å²) in [6.45, 7) is 9.00. The van der Waals surface area contributed by atoms with Gasteiger partial charge in [-0.2, -0.15) is 0 Å². The average Bonchev–Trinajstić information content (AvgIpc) is 3.18. The van der Waals surface area contributed by atoms with E-state index < -0.39 is 4.92 Å². The molecule has 0 saturated carbocycles. The molecule has 0 fully saturated rings. The minimum absolute atomic E-state index is 0.0320. The number of rotatable bonds is 8. The first-order valence-electron chi connectivity index (χ1n) is 10.5. The van der Waals surface area contributed by atoms with Gasteiger partial charge in [-0.25, -0.2) is 0 Å². The van der Waals surface area contributed by atoms with Crippen LogP contribution < -0.4 is 0 Å². The molecule has 2 aromatic carbocycles. The molecule has 3 rings (SSSR count). The zero-order valence-corrected chi connectivity index (χ0v) is 18.5. The number of hydrogen-bond acceptors (Lipinski definition) is 3. The molecule has 1 aromatic heterocycles. The molecular weight excluding hydrogens is 390 g/mol. The molecule has 0 spiro atoms. The van der Waals surface area contributed by atoms with Crippen LogP contribution >= 0.6 is 0 Å². The van der Waals surface area contributed by atoms with Crippen LogP contribution in [0.2, 0.25) is 0 Å². The molecular formula is C25H29N3O3. The zero-order valence-electron chi connectivity index (χ0n) is 18.5. The van der Waals surface area contributed by atoms with Gasteiger partial charge in [-0.05, 0) is 43.5 Å². The van der Waals surface area contributed by atoms with Crippen LogP contribution in [0.15, 0.2) is 66.9 Å². The summed E-state index contributed by atoms with van der Waals surface area (Å²) in [6, 6.07) is 18.9. The highest BCUT2D eigenvalue weighted by Crippen LogP contribution is 2.24. The molecule has 0 bridgehead atoms. The van der Waals surface area contributed by atoms with Crippen molar-refractivity contribution in [3.8, 4) is 0 Å². The van der Waals surface area contributed by atoms with Gasteiger partial charge in [-0.15, -0.1) is 0 Å². The van der Waals surface area contributed by atoms with E-state index in [1.807, 2.05) is 48.4 Å². The molecule has 6 heteroatoms. The van der Waals surface area contributed by atoms with Crippen LogP contribution in [0.5, 0.6) is 0 Å². The quantitative estimate of drug-likeness (QED) is 0.361. The van der Waals surface area contributed by atoms with Crippen molar-refractivity contribution in [2.24, 2.45) is 5.92 Å². The fourth-order valence-electron chi connectivity index (χ4n) is 3.57. The lowest BCUT2D eigenvalue weighted by molar-refractivity contribution is -0.385. The van der Waals surface area contributed by atoms with E-state index >= 15 is 0 Å². The first kappa shape index (κ1) is 22.3. The highest BCUT2D eigenvalue weighted by atomic mass is 16.6. The maximum absolute atomic E-state index is 13.5. The molecule has 162 valence electrons. The van der Waals surface area contributed by atoms with Crippen molar-refractivity contribution in [1.29, 1.82) is 0 Å². The monoisotopic (exact) mass is 419 g/mol. The summed E-state index contributed by atoms with van der Waals surface area (Å²) >= 11 is 0. The van der Waals surface area contributed by atoms with E-state index in [4.69, 9.17) is 0 Å². The Hall–Kier alpha value is -3.41. The summed E-state index contributed by atoms with van der Waals surface area (Å²) in [5.41, 5.74) is 3.05. The van der Waals surface area contributed by atoms with Crippen LogP contribution in [0.3, 0.4) is 0 Å². The summed E-state index contributed by atoms with van der Waals surface area (Å²) in [6.07, 6.45) is 2.02. The van der Waals surface area contributed by atoms with E-state index in [2.05, 4.69) is 30.5 Å². The molecule has 0 aliphatic carbocycles. The van der Waals surface area contributed by atoms with Crippen molar-refractivity contribution >= 4 is 11.6 Å². The summed E-state index contributed by atoms with van der Waals surface area (Å²) in [7, 11) is 0. The van der Waals surface area contributed by atoms with Crippen molar-refractivity contribution in [3.05, 3.63) is 99.4 Å². The highest BCUT2D eigenvalue weighted by Gasteiger charge is 2.26. The molecule has 0 unspecified atom stereocenters. The third-order valence-corrected chi connectivity index (χ3v) is 5.82. The molecule has 1 amide bonds. The maximum atomic E-state index is 13.5. The largest absolute Gasteiger partial charge is 0.345 e. The van der Waals surface area contributed by atoms with Gasteiger partial charge in [0.2, 0.25) is 0 Å².